The van der Waals surface area contributed by atoms with Crippen molar-refractivity contribution in [1.82, 2.24) is 5.32 Å². The van der Waals surface area contributed by atoms with Crippen molar-refractivity contribution < 1.29 is 23.5 Å². The highest BCUT2D eigenvalue weighted by Crippen LogP contribution is 2.24. The van der Waals surface area contributed by atoms with Crippen molar-refractivity contribution in [1.29, 1.82) is 0 Å². The summed E-state index contributed by atoms with van der Waals surface area (Å²) in [6.07, 6.45) is 0.631. The number of carbonyl (C=O) groups excluding carboxylic acids is 1. The van der Waals surface area contributed by atoms with E-state index in [2.05, 4.69) is 5.32 Å². The van der Waals surface area contributed by atoms with Gasteiger partial charge in [-0.3, -0.25) is 4.79 Å². The average molecular weight is 414 g/mol. The molecule has 0 aliphatic heterocycles. The average Bonchev–Trinajstić information content (AvgIpc) is 3.14. The summed E-state index contributed by atoms with van der Waals surface area (Å²) in [5, 5.41) is 3.67. The first-order valence-electron chi connectivity index (χ1n) is 9.67. The van der Waals surface area contributed by atoms with Crippen molar-refractivity contribution in [3.05, 3.63) is 65.4 Å². The van der Waals surface area contributed by atoms with Gasteiger partial charge in [0.05, 0.1) is 7.11 Å². The lowest BCUT2D eigenvalue weighted by Crippen LogP contribution is -2.38. The van der Waals surface area contributed by atoms with E-state index in [4.69, 9.17) is 9.15 Å². The lowest BCUT2D eigenvalue weighted by molar-refractivity contribution is 0.0925. The number of hydrogen-bond donors (Lipinski definition) is 3. The minimum Gasteiger partial charge on any atom is -0.497 e. The minimum atomic E-state index is -3.14. The van der Waals surface area contributed by atoms with E-state index in [9.17, 15) is 14.4 Å². The topological polar surface area (TPSA) is 91.9 Å². The Hall–Kier alpha value is -2.61. The molecule has 6 nitrogen and oxygen atoms in total. The molecule has 0 atom stereocenters. The summed E-state index contributed by atoms with van der Waals surface area (Å²) in [7, 11) is -1.55. The predicted octanol–water partition coefficient (Wildman–Crippen LogP) is 3.75. The van der Waals surface area contributed by atoms with E-state index in [1.165, 1.54) is 0 Å². The molecular weight excluding hydrogens is 386 g/mol. The van der Waals surface area contributed by atoms with Crippen LogP contribution in [0.3, 0.4) is 0 Å². The zero-order valence-electron chi connectivity index (χ0n) is 16.9. The molecule has 1 aromatic heterocycles. The van der Waals surface area contributed by atoms with Crippen molar-refractivity contribution in [2.24, 2.45) is 0 Å². The number of carbonyl (C=O) groups is 1. The Kier molecular flexibility index (Phi) is 6.41. The van der Waals surface area contributed by atoms with E-state index in [0.717, 1.165) is 16.5 Å². The summed E-state index contributed by atoms with van der Waals surface area (Å²) in [5.74, 6) is 0.685. The fraction of sp³-hybridized carbons (Fsp3) is 0.318. The molecule has 3 aromatic rings. The molecule has 3 N–H and O–H groups in total. The third-order valence-corrected chi connectivity index (χ3v) is 7.96. The van der Waals surface area contributed by atoms with E-state index >= 15 is 0 Å². The van der Waals surface area contributed by atoms with Crippen LogP contribution in [0.1, 0.15) is 35.5 Å². The van der Waals surface area contributed by atoms with Crippen LogP contribution < -0.4 is 10.1 Å². The zero-order valence-corrected chi connectivity index (χ0v) is 17.9. The summed E-state index contributed by atoms with van der Waals surface area (Å²) in [6, 6.07) is 15.3. The van der Waals surface area contributed by atoms with Gasteiger partial charge in [-0.15, -0.1) is 0 Å². The van der Waals surface area contributed by atoms with Crippen LogP contribution in [0.5, 0.6) is 5.75 Å². The lowest BCUT2D eigenvalue weighted by atomic mass is 10.1. The third-order valence-electron chi connectivity index (χ3n) is 5.13. The molecule has 0 saturated heterocycles. The zero-order chi connectivity index (χ0) is 21.0. The number of ether oxygens (including phenoxy) is 1. The maximum absolute atomic E-state index is 12.4. The molecule has 0 aliphatic rings. The van der Waals surface area contributed by atoms with Crippen molar-refractivity contribution in [3.63, 3.8) is 0 Å². The fourth-order valence-electron chi connectivity index (χ4n) is 2.97. The molecule has 0 unspecified atom stereocenters. The van der Waals surface area contributed by atoms with Gasteiger partial charge in [0.1, 0.15) is 11.3 Å². The van der Waals surface area contributed by atoms with E-state index in [-0.39, 0.29) is 17.2 Å². The van der Waals surface area contributed by atoms with Crippen LogP contribution in [0.4, 0.5) is 0 Å². The number of amides is 1. The van der Waals surface area contributed by atoms with Crippen LogP contribution >= 0.6 is 0 Å². The summed E-state index contributed by atoms with van der Waals surface area (Å²) in [6.45, 7) is 4.07. The molecule has 2 aromatic carbocycles. The van der Waals surface area contributed by atoms with Crippen LogP contribution in [0.25, 0.3) is 11.0 Å². The van der Waals surface area contributed by atoms with Crippen LogP contribution in [0.2, 0.25) is 11.6 Å². The van der Waals surface area contributed by atoms with Crippen molar-refractivity contribution in [2.45, 2.75) is 38.4 Å². The summed E-state index contributed by atoms with van der Waals surface area (Å²) in [5.41, 5.74) is 2.55. The van der Waals surface area contributed by atoms with E-state index in [1.807, 2.05) is 44.2 Å². The van der Waals surface area contributed by atoms with Crippen LogP contribution in [-0.2, 0) is 13.0 Å². The second-order valence-corrected chi connectivity index (χ2v) is 11.0. The monoisotopic (exact) mass is 413 g/mol. The number of furan rings is 1. The second kappa shape index (κ2) is 8.81. The molecule has 1 heterocycles. The van der Waals surface area contributed by atoms with Crippen molar-refractivity contribution in [2.75, 3.05) is 7.11 Å². The maximum Gasteiger partial charge on any atom is 0.335 e. The summed E-state index contributed by atoms with van der Waals surface area (Å²) < 4.78 is 10.8. The fourth-order valence-corrected chi connectivity index (χ4v) is 4.20. The van der Waals surface area contributed by atoms with Crippen molar-refractivity contribution in [3.8, 4) is 5.75 Å². The molecule has 0 aliphatic carbocycles. The molecule has 0 saturated carbocycles. The Morgan fingerprint density at radius 2 is 1.79 bits per heavy atom. The summed E-state index contributed by atoms with van der Waals surface area (Å²) >= 11 is 0. The Morgan fingerprint density at radius 1 is 1.10 bits per heavy atom. The molecule has 1 amide bonds. The molecule has 7 heteroatoms. The van der Waals surface area contributed by atoms with Crippen LogP contribution in [0.15, 0.2) is 52.9 Å². The minimum absolute atomic E-state index is 0.0867. The number of hydrogen-bond acceptors (Lipinski definition) is 5. The number of benzene rings is 2. The van der Waals surface area contributed by atoms with Gasteiger partial charge in [-0.25, -0.2) is 0 Å². The van der Waals surface area contributed by atoms with Crippen molar-refractivity contribution >= 4 is 25.4 Å². The number of rotatable bonds is 8. The van der Waals surface area contributed by atoms with Gasteiger partial charge in [-0.05, 0) is 53.4 Å². The van der Waals surface area contributed by atoms with E-state index in [1.54, 1.807) is 25.3 Å². The quantitative estimate of drug-likeness (QED) is 0.489. The number of fused-ring (bicyclic) bond motifs is 1. The summed E-state index contributed by atoms with van der Waals surface area (Å²) in [4.78, 5) is 32.5. The molecule has 0 spiro atoms. The van der Waals surface area contributed by atoms with Crippen LogP contribution in [-0.4, -0.2) is 31.2 Å². The van der Waals surface area contributed by atoms with Gasteiger partial charge in [0.25, 0.3) is 5.91 Å². The molecule has 29 heavy (non-hydrogen) atoms. The second-order valence-electron chi connectivity index (χ2n) is 7.55. The highest BCUT2D eigenvalue weighted by Gasteiger charge is 2.32. The molecule has 0 radical (unpaired) electrons. The highest BCUT2D eigenvalue weighted by molar-refractivity contribution is 6.66. The smallest absolute Gasteiger partial charge is 0.335 e. The van der Waals surface area contributed by atoms with Gasteiger partial charge in [0, 0.05) is 11.9 Å². The van der Waals surface area contributed by atoms with Gasteiger partial charge in [0.2, 0.25) is 0 Å². The number of nitrogens with one attached hydrogen (secondary N) is 1. The third kappa shape index (κ3) is 5.26. The maximum atomic E-state index is 12.4. The molecular formula is C22H27NO5Si. The lowest BCUT2D eigenvalue weighted by Gasteiger charge is -2.21. The first-order valence-corrected chi connectivity index (χ1v) is 11.8. The Morgan fingerprint density at radius 3 is 2.45 bits per heavy atom. The molecule has 3 rings (SSSR count). The van der Waals surface area contributed by atoms with Gasteiger partial charge >= 0.3 is 8.56 Å². The Labute approximate surface area is 171 Å². The first kappa shape index (κ1) is 21.1. The Bertz CT molecular complexity index is 979. The standard InChI is InChI=1S/C22H27NO5Si/c1-15(2)29(25,26)11-10-16-4-6-17(7-5-16)14-23-22(24)21-13-18-12-19(27-3)8-9-20(18)28-21/h4-9,12-13,15,25-26H,10-11,14H2,1-3H3,(H,23,24). The van der Waals surface area contributed by atoms with E-state index < -0.39 is 8.56 Å². The largest absolute Gasteiger partial charge is 0.497 e. The highest BCUT2D eigenvalue weighted by atomic mass is 28.4. The number of aryl methyl sites for hydroxylation is 1. The Balaban J connectivity index is 1.56. The van der Waals surface area contributed by atoms with Gasteiger partial charge < -0.3 is 24.1 Å². The normalized spacial score (nSPS) is 11.8. The molecule has 154 valence electrons. The SMILES string of the molecule is COc1ccc2oc(C(=O)NCc3ccc(CC[Si](O)(O)C(C)C)cc3)cc2c1. The van der Waals surface area contributed by atoms with Gasteiger partial charge in [-0.1, -0.05) is 38.1 Å². The van der Waals surface area contributed by atoms with Crippen LogP contribution in [0, 0.1) is 0 Å². The van der Waals surface area contributed by atoms with Gasteiger partial charge in [0.15, 0.2) is 5.76 Å². The molecule has 0 bridgehead atoms. The number of methoxy groups -OCH3 is 1. The van der Waals surface area contributed by atoms with E-state index in [0.29, 0.717) is 30.3 Å². The molecule has 0 fully saturated rings. The first-order chi connectivity index (χ1) is 13.8. The predicted molar refractivity (Wildman–Crippen MR) is 114 cm³/mol. The van der Waals surface area contributed by atoms with Gasteiger partial charge in [-0.2, -0.15) is 0 Å².